The number of hydrogen-bond donors (Lipinski definition) is 6. The number of carbonyl (C=O) groups excluding carboxylic acids is 2. The van der Waals surface area contributed by atoms with Gasteiger partial charge >= 0.3 is 19.8 Å². The molecule has 326 valence electrons. The van der Waals surface area contributed by atoms with Crippen LogP contribution in [0.1, 0.15) is 149 Å². The summed E-state index contributed by atoms with van der Waals surface area (Å²) < 4.78 is 32.6. The largest absolute Gasteiger partial charge is 0.472 e. The fourth-order valence-electron chi connectivity index (χ4n) is 6.49. The number of phosphoric acid groups is 1. The molecule has 0 spiro atoms. The summed E-state index contributed by atoms with van der Waals surface area (Å²) >= 11 is 0. The Morgan fingerprint density at radius 2 is 1.36 bits per heavy atom. The van der Waals surface area contributed by atoms with Crippen LogP contribution in [0.4, 0.5) is 0 Å². The molecule has 13 nitrogen and oxygen atoms in total. The third-order valence-electron chi connectivity index (χ3n) is 9.87. The molecule has 1 saturated carbocycles. The minimum atomic E-state index is -4.71. The summed E-state index contributed by atoms with van der Waals surface area (Å²) in [5, 5.41) is 49.7. The molecule has 1 rings (SSSR count). The van der Waals surface area contributed by atoms with E-state index in [0.717, 1.165) is 51.4 Å². The summed E-state index contributed by atoms with van der Waals surface area (Å²) in [4.78, 5) is 35.2. The minimum absolute atomic E-state index is 0.170. The number of aliphatic hydroxyl groups excluding tert-OH is 5. The van der Waals surface area contributed by atoms with Gasteiger partial charge in [-0.2, -0.15) is 0 Å². The van der Waals surface area contributed by atoms with E-state index < -0.39 is 76.7 Å². The molecule has 1 unspecified atom stereocenters. The maximum Gasteiger partial charge on any atom is 0.472 e. The van der Waals surface area contributed by atoms with Crippen LogP contribution in [-0.2, 0) is 32.7 Å². The van der Waals surface area contributed by atoms with Crippen LogP contribution in [0.2, 0.25) is 0 Å². The molecular weight excluding hydrogens is 743 g/mol. The topological polar surface area (TPSA) is 210 Å². The zero-order valence-electron chi connectivity index (χ0n) is 34.2. The van der Waals surface area contributed by atoms with Crippen molar-refractivity contribution >= 4 is 19.8 Å². The van der Waals surface area contributed by atoms with Gasteiger partial charge in [0.15, 0.2) is 6.10 Å². The maximum absolute atomic E-state index is 12.7. The van der Waals surface area contributed by atoms with Crippen molar-refractivity contribution in [1.82, 2.24) is 0 Å². The molecule has 6 N–H and O–H groups in total. The van der Waals surface area contributed by atoms with Gasteiger partial charge in [-0.05, 0) is 50.9 Å². The molecule has 0 aromatic rings. The van der Waals surface area contributed by atoms with Gasteiger partial charge in [0.2, 0.25) is 0 Å². The van der Waals surface area contributed by atoms with E-state index in [1.165, 1.54) is 44.9 Å². The monoisotopic (exact) mass is 818 g/mol. The Kier molecular flexibility index (Phi) is 30.7. The first-order valence-electron chi connectivity index (χ1n) is 21.2. The highest BCUT2D eigenvalue weighted by atomic mass is 31.2. The van der Waals surface area contributed by atoms with Crippen LogP contribution in [0, 0.1) is 11.8 Å². The molecule has 56 heavy (non-hydrogen) atoms. The van der Waals surface area contributed by atoms with Crippen LogP contribution in [-0.4, -0.2) is 99.3 Å². The molecule has 0 bridgehead atoms. The van der Waals surface area contributed by atoms with Crippen LogP contribution >= 0.6 is 7.82 Å². The molecule has 0 amide bonds. The van der Waals surface area contributed by atoms with Gasteiger partial charge < -0.3 is 39.9 Å². The normalized spacial score (nSPS) is 21.5. The highest BCUT2D eigenvalue weighted by Gasteiger charge is 2.39. The molecule has 0 radical (unpaired) electrons. The summed E-state index contributed by atoms with van der Waals surface area (Å²) in [6.07, 6.45) is 25.2. The van der Waals surface area contributed by atoms with Gasteiger partial charge in [0.25, 0.3) is 0 Å². The number of unbranched alkanes of at least 4 members (excludes halogenated alkanes) is 13. The van der Waals surface area contributed by atoms with Crippen molar-refractivity contribution in [3.8, 4) is 0 Å². The van der Waals surface area contributed by atoms with Crippen LogP contribution in [0.25, 0.3) is 0 Å². The Bertz CT molecular complexity index is 1150. The number of carbonyl (C=O) groups is 2. The van der Waals surface area contributed by atoms with Gasteiger partial charge in [0, 0.05) is 18.8 Å². The predicted octanol–water partition coefficient (Wildman–Crippen LogP) is 7.16. The lowest BCUT2D eigenvalue weighted by molar-refractivity contribution is -0.160. The molecule has 0 aromatic carbocycles. The van der Waals surface area contributed by atoms with Crippen LogP contribution in [0.3, 0.4) is 0 Å². The summed E-state index contributed by atoms with van der Waals surface area (Å²) in [5.41, 5.74) is 0. The van der Waals surface area contributed by atoms with E-state index >= 15 is 0 Å². The number of allylic oxidation sites excluding steroid dienone is 3. The Balaban J connectivity index is 2.55. The number of hydrogen-bond acceptors (Lipinski definition) is 12. The van der Waals surface area contributed by atoms with E-state index in [4.69, 9.17) is 19.1 Å². The number of ether oxygens (including phenoxy) is 2. The Hall–Kier alpha value is -1.93. The van der Waals surface area contributed by atoms with Crippen molar-refractivity contribution in [3.63, 3.8) is 0 Å². The van der Waals surface area contributed by atoms with Crippen molar-refractivity contribution in [1.29, 1.82) is 0 Å². The first kappa shape index (κ1) is 52.1. The van der Waals surface area contributed by atoms with Gasteiger partial charge in [0.05, 0.1) is 44.6 Å². The molecular formula is C42H75O13P. The third kappa shape index (κ3) is 26.9. The molecule has 0 heterocycles. The van der Waals surface area contributed by atoms with Crippen LogP contribution in [0.5, 0.6) is 0 Å². The minimum Gasteiger partial charge on any atom is -0.462 e. The maximum atomic E-state index is 12.7. The first-order chi connectivity index (χ1) is 26.9. The summed E-state index contributed by atoms with van der Waals surface area (Å²) in [6, 6.07) is 0. The van der Waals surface area contributed by atoms with Gasteiger partial charge in [-0.1, -0.05) is 121 Å². The van der Waals surface area contributed by atoms with E-state index in [2.05, 4.69) is 30.5 Å². The molecule has 0 aromatic heterocycles. The quantitative estimate of drug-likeness (QED) is 0.0163. The van der Waals surface area contributed by atoms with Crippen LogP contribution < -0.4 is 0 Å². The number of aliphatic hydroxyl groups is 5. The van der Waals surface area contributed by atoms with Gasteiger partial charge in [-0.25, -0.2) is 4.57 Å². The van der Waals surface area contributed by atoms with Gasteiger partial charge in [0.1, 0.15) is 12.7 Å². The third-order valence-corrected chi connectivity index (χ3v) is 10.8. The molecule has 0 aliphatic heterocycles. The SMILES string of the molecule is CCCCCC/C=C\CCCCCCCCCC(=O)OC[C@H](COP(=O)(O)OC[C@@H](O)CO)OC(=O)C/C=C\C[C@H]1[C@@H](/C=C/[C@H](O)CCCCC)[C@H](O)C[C@@H]1O. The van der Waals surface area contributed by atoms with Crippen molar-refractivity contribution in [2.45, 2.75) is 179 Å². The van der Waals surface area contributed by atoms with E-state index in [1.807, 2.05) is 0 Å². The molecule has 1 aliphatic rings. The summed E-state index contributed by atoms with van der Waals surface area (Å²) in [6.45, 7) is 1.87. The van der Waals surface area contributed by atoms with E-state index in [1.54, 1.807) is 24.3 Å². The average molecular weight is 819 g/mol. The first-order valence-corrected chi connectivity index (χ1v) is 22.7. The Morgan fingerprint density at radius 3 is 2.02 bits per heavy atom. The summed E-state index contributed by atoms with van der Waals surface area (Å²) in [7, 11) is -4.71. The second kappa shape index (κ2) is 33.0. The van der Waals surface area contributed by atoms with Crippen molar-refractivity contribution in [2.24, 2.45) is 11.8 Å². The van der Waals surface area contributed by atoms with Crippen molar-refractivity contribution in [3.05, 3.63) is 36.5 Å². The van der Waals surface area contributed by atoms with Crippen molar-refractivity contribution < 1.29 is 63.1 Å². The fraction of sp³-hybridized carbons (Fsp3) is 0.810. The van der Waals surface area contributed by atoms with Crippen molar-refractivity contribution in [2.75, 3.05) is 26.4 Å². The number of phosphoric ester groups is 1. The zero-order chi connectivity index (χ0) is 41.4. The fourth-order valence-corrected chi connectivity index (χ4v) is 7.28. The molecule has 8 atom stereocenters. The molecule has 1 aliphatic carbocycles. The molecule has 1 fully saturated rings. The van der Waals surface area contributed by atoms with E-state index in [0.29, 0.717) is 19.3 Å². The highest BCUT2D eigenvalue weighted by molar-refractivity contribution is 7.47. The zero-order valence-corrected chi connectivity index (χ0v) is 35.1. The standard InChI is InChI=1S/C42H75O13P/c1-3-5-7-8-9-10-11-12-13-14-15-16-17-18-20-25-41(48)52-32-36(33-54-56(50,51)53-31-35(45)30-43)55-42(49)26-22-21-24-37-38(40(47)29-39(37)46)28-27-34(44)23-19-6-4-2/h10-11,21-22,27-28,34-40,43-47H,3-9,12-20,23-26,29-33H2,1-2H3,(H,50,51)/b11-10-,22-21-,28-27+/t34-,35+,36-,37+,38-,39+,40-/m1/s1. The lowest BCUT2D eigenvalue weighted by Crippen LogP contribution is -2.29. The lowest BCUT2D eigenvalue weighted by Gasteiger charge is -2.20. The number of rotatable bonds is 35. The van der Waals surface area contributed by atoms with E-state index in [-0.39, 0.29) is 31.1 Å². The smallest absolute Gasteiger partial charge is 0.462 e. The highest BCUT2D eigenvalue weighted by Crippen LogP contribution is 2.43. The van der Waals surface area contributed by atoms with Crippen LogP contribution in [0.15, 0.2) is 36.5 Å². The Morgan fingerprint density at radius 1 is 0.750 bits per heavy atom. The number of esters is 2. The summed E-state index contributed by atoms with van der Waals surface area (Å²) in [5.74, 6) is -1.91. The molecule has 14 heteroatoms. The average Bonchev–Trinajstić information content (AvgIpc) is 3.44. The second-order valence-corrected chi connectivity index (χ2v) is 16.5. The molecule has 0 saturated heterocycles. The Labute approximate surface area is 336 Å². The predicted molar refractivity (Wildman–Crippen MR) is 216 cm³/mol. The van der Waals surface area contributed by atoms with Gasteiger partial charge in [-0.3, -0.25) is 18.6 Å². The van der Waals surface area contributed by atoms with Gasteiger partial charge in [-0.15, -0.1) is 0 Å². The lowest BCUT2D eigenvalue weighted by atomic mass is 9.89. The van der Waals surface area contributed by atoms with E-state index in [9.17, 15) is 39.5 Å². The second-order valence-electron chi connectivity index (χ2n) is 15.0.